The zero-order chi connectivity index (χ0) is 26.6. The van der Waals surface area contributed by atoms with E-state index in [2.05, 4.69) is 76.2 Å². The second-order valence-electron chi connectivity index (χ2n) is 10.4. The number of methoxy groups -OCH3 is 1. The zero-order valence-corrected chi connectivity index (χ0v) is 23.7. The Bertz CT molecular complexity index is 1230. The summed E-state index contributed by atoms with van der Waals surface area (Å²) in [6.07, 6.45) is 3.96. The van der Waals surface area contributed by atoms with Crippen molar-refractivity contribution in [2.45, 2.75) is 70.8 Å². The van der Waals surface area contributed by atoms with Crippen LogP contribution in [0.1, 0.15) is 72.9 Å². The minimum Gasteiger partial charge on any atom is -0.469 e. The summed E-state index contributed by atoms with van der Waals surface area (Å²) >= 11 is 1.94. The van der Waals surface area contributed by atoms with Crippen LogP contribution in [-0.2, 0) is 27.0 Å². The van der Waals surface area contributed by atoms with Crippen LogP contribution in [0.3, 0.4) is 0 Å². The molecule has 3 nitrogen and oxygen atoms in total. The van der Waals surface area contributed by atoms with Gasteiger partial charge in [-0.2, -0.15) is 11.8 Å². The number of ether oxygens (including phenoxy) is 1. The van der Waals surface area contributed by atoms with Gasteiger partial charge in [-0.25, -0.2) is 0 Å². The van der Waals surface area contributed by atoms with E-state index in [1.54, 1.807) is 0 Å². The Morgan fingerprint density at radius 1 is 0.919 bits per heavy atom. The van der Waals surface area contributed by atoms with Crippen molar-refractivity contribution in [3.05, 3.63) is 94.0 Å². The molecule has 0 amide bonds. The molecule has 1 saturated heterocycles. The number of hydrogen-bond acceptors (Lipinski definition) is 4. The van der Waals surface area contributed by atoms with Crippen LogP contribution in [0.2, 0.25) is 0 Å². The molecule has 3 aromatic rings. The van der Waals surface area contributed by atoms with Gasteiger partial charge in [0, 0.05) is 5.41 Å². The maximum absolute atomic E-state index is 11.6. The number of carbonyl (C=O) groups excluding carboxylic acids is 1. The van der Waals surface area contributed by atoms with Gasteiger partial charge in [0.15, 0.2) is 0 Å². The molecule has 1 aliphatic heterocycles. The van der Waals surface area contributed by atoms with Crippen molar-refractivity contribution in [2.75, 3.05) is 18.6 Å². The minimum absolute atomic E-state index is 0.0814. The molecule has 0 saturated carbocycles. The van der Waals surface area contributed by atoms with Crippen LogP contribution in [0.4, 0.5) is 0 Å². The normalized spacial score (nSPS) is 15.4. The van der Waals surface area contributed by atoms with E-state index in [9.17, 15) is 9.90 Å². The molecule has 1 N–H and O–H groups in total. The summed E-state index contributed by atoms with van der Waals surface area (Å²) in [6.45, 7) is 8.90. The molecule has 0 bridgehead atoms. The van der Waals surface area contributed by atoms with Crippen LogP contribution in [0.15, 0.2) is 60.7 Å². The molecular weight excluding hydrogens is 476 g/mol. The summed E-state index contributed by atoms with van der Waals surface area (Å²) in [5.74, 6) is 1.81. The molecule has 4 heteroatoms. The van der Waals surface area contributed by atoms with Crippen LogP contribution in [0.25, 0.3) is 11.1 Å². The average molecular weight is 517 g/mol. The quantitative estimate of drug-likeness (QED) is 0.315. The monoisotopic (exact) mass is 516 g/mol. The molecule has 0 spiro atoms. The molecule has 3 aromatic carbocycles. The van der Waals surface area contributed by atoms with E-state index < -0.39 is 5.60 Å². The SMILES string of the molecule is CCC(CC)(c1ccc(-c2ccc(CC(=O)OC)cc2)c(C)c1)c1ccc(C2(O)CCSCC2)c(C)c1. The van der Waals surface area contributed by atoms with Gasteiger partial charge in [0.2, 0.25) is 0 Å². The van der Waals surface area contributed by atoms with Crippen molar-refractivity contribution in [1.82, 2.24) is 0 Å². The summed E-state index contributed by atoms with van der Waals surface area (Å²) in [5, 5.41) is 11.4. The van der Waals surface area contributed by atoms with Crippen molar-refractivity contribution in [3.8, 4) is 11.1 Å². The molecule has 0 unspecified atom stereocenters. The number of benzene rings is 3. The highest BCUT2D eigenvalue weighted by molar-refractivity contribution is 7.99. The molecule has 4 rings (SSSR count). The second-order valence-corrected chi connectivity index (χ2v) is 11.7. The molecule has 1 aliphatic rings. The number of rotatable bonds is 8. The van der Waals surface area contributed by atoms with Crippen LogP contribution in [-0.4, -0.2) is 29.7 Å². The van der Waals surface area contributed by atoms with Gasteiger partial charge in [0.25, 0.3) is 0 Å². The number of aliphatic hydroxyl groups is 1. The molecule has 1 heterocycles. The third-order valence-electron chi connectivity index (χ3n) is 8.43. The Balaban J connectivity index is 1.66. The molecule has 196 valence electrons. The minimum atomic E-state index is -0.695. The van der Waals surface area contributed by atoms with Gasteiger partial charge in [0.05, 0.1) is 19.1 Å². The first-order valence-corrected chi connectivity index (χ1v) is 14.6. The van der Waals surface area contributed by atoms with Crippen LogP contribution in [0, 0.1) is 13.8 Å². The van der Waals surface area contributed by atoms with E-state index >= 15 is 0 Å². The third kappa shape index (κ3) is 5.51. The van der Waals surface area contributed by atoms with E-state index in [4.69, 9.17) is 4.74 Å². The number of thioether (sulfide) groups is 1. The lowest BCUT2D eigenvalue weighted by Crippen LogP contribution is -2.32. The Labute approximate surface area is 226 Å². The standard InChI is InChI=1S/C33H40O3S/c1-6-32(7-2,28-13-15-30(24(4)21-28)33(35)16-18-37-19-17-33)27-12-14-29(23(3)20-27)26-10-8-25(9-11-26)22-31(34)36-5/h8-15,20-21,35H,6-7,16-19,22H2,1-5H3. The number of esters is 1. The fourth-order valence-electron chi connectivity index (χ4n) is 6.02. The van der Waals surface area contributed by atoms with Gasteiger partial charge in [-0.3, -0.25) is 4.79 Å². The Morgan fingerprint density at radius 2 is 1.51 bits per heavy atom. The Morgan fingerprint density at radius 3 is 2.05 bits per heavy atom. The largest absolute Gasteiger partial charge is 0.469 e. The first-order valence-electron chi connectivity index (χ1n) is 13.5. The maximum atomic E-state index is 11.6. The average Bonchev–Trinajstić information content (AvgIpc) is 2.91. The van der Waals surface area contributed by atoms with Crippen molar-refractivity contribution >= 4 is 17.7 Å². The van der Waals surface area contributed by atoms with Gasteiger partial charge < -0.3 is 9.84 Å². The first-order chi connectivity index (χ1) is 17.8. The fraction of sp³-hybridized carbons (Fsp3) is 0.424. The topological polar surface area (TPSA) is 46.5 Å². The molecule has 37 heavy (non-hydrogen) atoms. The van der Waals surface area contributed by atoms with E-state index in [0.717, 1.165) is 53.9 Å². The maximum Gasteiger partial charge on any atom is 0.309 e. The van der Waals surface area contributed by atoms with Crippen molar-refractivity contribution in [3.63, 3.8) is 0 Å². The lowest BCUT2D eigenvalue weighted by molar-refractivity contribution is -0.139. The smallest absolute Gasteiger partial charge is 0.309 e. The molecule has 0 aromatic heterocycles. The molecule has 0 aliphatic carbocycles. The highest BCUT2D eigenvalue weighted by Gasteiger charge is 2.35. The summed E-state index contributed by atoms with van der Waals surface area (Å²) in [4.78, 5) is 11.6. The van der Waals surface area contributed by atoms with Crippen LogP contribution in [0.5, 0.6) is 0 Å². The van der Waals surface area contributed by atoms with Gasteiger partial charge >= 0.3 is 5.97 Å². The Kier molecular flexibility index (Phi) is 8.50. The fourth-order valence-corrected chi connectivity index (χ4v) is 7.19. The second kappa shape index (κ2) is 11.4. The van der Waals surface area contributed by atoms with Crippen molar-refractivity contribution < 1.29 is 14.6 Å². The number of hydrogen-bond donors (Lipinski definition) is 1. The van der Waals surface area contributed by atoms with E-state index in [0.29, 0.717) is 6.42 Å². The molecule has 0 atom stereocenters. The molecular formula is C33H40O3S. The number of carbonyl (C=O) groups is 1. The predicted octanol–water partition coefficient (Wildman–Crippen LogP) is 7.51. The van der Waals surface area contributed by atoms with Crippen LogP contribution >= 0.6 is 11.8 Å². The van der Waals surface area contributed by atoms with Gasteiger partial charge in [-0.1, -0.05) is 74.5 Å². The lowest BCUT2D eigenvalue weighted by Gasteiger charge is -2.37. The van der Waals surface area contributed by atoms with E-state index in [-0.39, 0.29) is 11.4 Å². The summed E-state index contributed by atoms with van der Waals surface area (Å²) in [5.41, 5.74) is 8.73. The highest BCUT2D eigenvalue weighted by Crippen LogP contribution is 2.43. The van der Waals surface area contributed by atoms with Crippen molar-refractivity contribution in [1.29, 1.82) is 0 Å². The lowest BCUT2D eigenvalue weighted by atomic mass is 9.69. The van der Waals surface area contributed by atoms with Crippen LogP contribution < -0.4 is 0 Å². The summed E-state index contributed by atoms with van der Waals surface area (Å²) < 4.78 is 4.79. The predicted molar refractivity (Wildman–Crippen MR) is 155 cm³/mol. The summed E-state index contributed by atoms with van der Waals surface area (Å²) in [6, 6.07) is 21.8. The van der Waals surface area contributed by atoms with Gasteiger partial charge in [-0.15, -0.1) is 0 Å². The first kappa shape index (κ1) is 27.5. The molecule has 1 fully saturated rings. The highest BCUT2D eigenvalue weighted by atomic mass is 32.2. The van der Waals surface area contributed by atoms with Gasteiger partial charge in [0.1, 0.15) is 0 Å². The zero-order valence-electron chi connectivity index (χ0n) is 22.9. The summed E-state index contributed by atoms with van der Waals surface area (Å²) in [7, 11) is 1.42. The van der Waals surface area contributed by atoms with E-state index in [1.165, 1.54) is 34.9 Å². The third-order valence-corrected chi connectivity index (χ3v) is 9.41. The Hall–Kier alpha value is -2.56. The van der Waals surface area contributed by atoms with E-state index in [1.807, 2.05) is 23.9 Å². The molecule has 0 radical (unpaired) electrons. The van der Waals surface area contributed by atoms with Crippen molar-refractivity contribution in [2.24, 2.45) is 0 Å². The number of aryl methyl sites for hydroxylation is 2. The van der Waals surface area contributed by atoms with Gasteiger partial charge in [-0.05, 0) is 95.5 Å².